The maximum Gasteiger partial charge on any atom is 0.122 e. The molecule has 3 heteroatoms. The van der Waals surface area contributed by atoms with E-state index in [-0.39, 0.29) is 18.4 Å². The Kier molecular flexibility index (Phi) is 6.67. The van der Waals surface area contributed by atoms with Gasteiger partial charge >= 0.3 is 0 Å². The van der Waals surface area contributed by atoms with Crippen molar-refractivity contribution >= 4 is 12.4 Å². The van der Waals surface area contributed by atoms with E-state index in [2.05, 4.69) is 18.2 Å². The predicted molar refractivity (Wildman–Crippen MR) is 83.4 cm³/mol. The highest BCUT2D eigenvalue weighted by Gasteiger charge is 2.17. The van der Waals surface area contributed by atoms with Crippen LogP contribution in [0.1, 0.15) is 56.1 Å². The number of ether oxygens (including phenoxy) is 1. The van der Waals surface area contributed by atoms with Crippen molar-refractivity contribution in [1.82, 2.24) is 0 Å². The zero-order valence-electron chi connectivity index (χ0n) is 12.0. The van der Waals surface area contributed by atoms with Crippen LogP contribution in [0.2, 0.25) is 0 Å². The van der Waals surface area contributed by atoms with Crippen LogP contribution in [0.3, 0.4) is 0 Å². The van der Waals surface area contributed by atoms with Crippen LogP contribution in [0.15, 0.2) is 18.2 Å². The number of nitrogens with two attached hydrogens (primary N) is 1. The Balaban J connectivity index is 0.00000180. The van der Waals surface area contributed by atoms with Gasteiger partial charge in [-0.1, -0.05) is 31.4 Å². The van der Waals surface area contributed by atoms with Crippen LogP contribution in [-0.4, -0.2) is 13.2 Å². The van der Waals surface area contributed by atoms with Crippen LogP contribution in [0.4, 0.5) is 0 Å². The Hall–Kier alpha value is -0.730. The Morgan fingerprint density at radius 3 is 2.53 bits per heavy atom. The van der Waals surface area contributed by atoms with Crippen molar-refractivity contribution in [3.63, 3.8) is 0 Å². The van der Waals surface area contributed by atoms with Gasteiger partial charge in [-0.3, -0.25) is 0 Å². The van der Waals surface area contributed by atoms with Crippen molar-refractivity contribution < 1.29 is 4.74 Å². The van der Waals surface area contributed by atoms with Crippen LogP contribution in [-0.2, 0) is 6.42 Å². The quantitative estimate of drug-likeness (QED) is 0.905. The van der Waals surface area contributed by atoms with Crippen LogP contribution in [0.5, 0.6) is 5.75 Å². The van der Waals surface area contributed by atoms with Crippen LogP contribution < -0.4 is 10.5 Å². The lowest BCUT2D eigenvalue weighted by Gasteiger charge is -2.23. The number of hydrogen-bond acceptors (Lipinski definition) is 2. The Morgan fingerprint density at radius 2 is 1.95 bits per heavy atom. The Labute approximate surface area is 123 Å². The van der Waals surface area contributed by atoms with Crippen molar-refractivity contribution in [3.05, 3.63) is 29.3 Å². The van der Waals surface area contributed by atoms with Gasteiger partial charge in [0.2, 0.25) is 0 Å². The smallest absolute Gasteiger partial charge is 0.122 e. The van der Waals surface area contributed by atoms with E-state index in [1.807, 2.05) is 6.92 Å². The van der Waals surface area contributed by atoms with E-state index in [9.17, 15) is 0 Å². The fraction of sp³-hybridized carbons (Fsp3) is 0.625. The molecule has 1 unspecified atom stereocenters. The van der Waals surface area contributed by atoms with Gasteiger partial charge in [0.1, 0.15) is 5.75 Å². The first-order valence-electron chi connectivity index (χ1n) is 7.13. The first kappa shape index (κ1) is 16.3. The molecule has 2 nitrogen and oxygen atoms in total. The molecule has 0 spiro atoms. The molecule has 1 aromatic carbocycles. The van der Waals surface area contributed by atoms with Crippen LogP contribution in [0, 0.1) is 0 Å². The molecule has 0 heterocycles. The molecule has 0 radical (unpaired) electrons. The summed E-state index contributed by atoms with van der Waals surface area (Å²) in [5.41, 5.74) is 8.66. The van der Waals surface area contributed by atoms with E-state index < -0.39 is 0 Å². The van der Waals surface area contributed by atoms with Crippen molar-refractivity contribution in [2.24, 2.45) is 5.73 Å². The summed E-state index contributed by atoms with van der Waals surface area (Å²) in [7, 11) is 1.74. The highest BCUT2D eigenvalue weighted by atomic mass is 35.5. The lowest BCUT2D eigenvalue weighted by molar-refractivity contribution is 0.406. The van der Waals surface area contributed by atoms with E-state index in [0.717, 1.165) is 18.1 Å². The molecule has 0 saturated heterocycles. The zero-order chi connectivity index (χ0) is 13.0. The van der Waals surface area contributed by atoms with Crippen molar-refractivity contribution in [1.29, 1.82) is 0 Å². The third kappa shape index (κ3) is 4.39. The lowest BCUT2D eigenvalue weighted by atomic mass is 9.83. The molecule has 0 aliphatic heterocycles. The van der Waals surface area contributed by atoms with Gasteiger partial charge in [-0.2, -0.15) is 0 Å². The van der Waals surface area contributed by atoms with E-state index in [0.29, 0.717) is 0 Å². The monoisotopic (exact) mass is 283 g/mol. The molecule has 1 saturated carbocycles. The van der Waals surface area contributed by atoms with E-state index >= 15 is 0 Å². The zero-order valence-corrected chi connectivity index (χ0v) is 12.8. The average Bonchev–Trinajstić information content (AvgIpc) is 2.39. The average molecular weight is 284 g/mol. The molecular formula is C16H26ClNO. The summed E-state index contributed by atoms with van der Waals surface area (Å²) in [5, 5.41) is 0. The first-order chi connectivity index (χ1) is 8.70. The fourth-order valence-electron chi connectivity index (χ4n) is 2.99. The summed E-state index contributed by atoms with van der Waals surface area (Å²) in [6, 6.07) is 6.85. The number of hydrogen-bond donors (Lipinski definition) is 1. The summed E-state index contributed by atoms with van der Waals surface area (Å²) >= 11 is 0. The number of rotatable bonds is 4. The molecule has 1 atom stereocenters. The molecule has 0 bridgehead atoms. The third-order valence-electron chi connectivity index (χ3n) is 3.92. The molecule has 108 valence electrons. The fourth-order valence-corrected chi connectivity index (χ4v) is 2.99. The van der Waals surface area contributed by atoms with Gasteiger partial charge in [-0.05, 0) is 49.3 Å². The van der Waals surface area contributed by atoms with Crippen LogP contribution >= 0.6 is 12.4 Å². The third-order valence-corrected chi connectivity index (χ3v) is 3.92. The van der Waals surface area contributed by atoms with Crippen molar-refractivity contribution in [2.45, 2.75) is 57.4 Å². The van der Waals surface area contributed by atoms with Gasteiger partial charge in [0.25, 0.3) is 0 Å². The summed E-state index contributed by atoms with van der Waals surface area (Å²) in [4.78, 5) is 0. The van der Waals surface area contributed by atoms with Crippen LogP contribution in [0.25, 0.3) is 0 Å². The highest BCUT2D eigenvalue weighted by Crippen LogP contribution is 2.34. The summed E-state index contributed by atoms with van der Waals surface area (Å²) in [5.74, 6) is 1.73. The summed E-state index contributed by atoms with van der Waals surface area (Å²) < 4.78 is 5.43. The molecule has 0 aromatic heterocycles. The summed E-state index contributed by atoms with van der Waals surface area (Å²) in [6.45, 7) is 2.05. The van der Waals surface area contributed by atoms with E-state index in [1.54, 1.807) is 7.11 Å². The number of halogens is 1. The van der Waals surface area contributed by atoms with E-state index in [1.165, 1.54) is 43.2 Å². The molecule has 2 rings (SSSR count). The normalized spacial score (nSPS) is 17.6. The minimum absolute atomic E-state index is 0. The predicted octanol–water partition coefficient (Wildman–Crippen LogP) is 4.05. The van der Waals surface area contributed by atoms with Gasteiger partial charge in [0, 0.05) is 6.04 Å². The van der Waals surface area contributed by atoms with E-state index in [4.69, 9.17) is 10.5 Å². The topological polar surface area (TPSA) is 35.2 Å². The molecule has 1 aliphatic rings. The Morgan fingerprint density at radius 1 is 1.26 bits per heavy atom. The first-order valence-corrected chi connectivity index (χ1v) is 7.13. The number of benzene rings is 1. The molecule has 1 fully saturated rings. The number of methoxy groups -OCH3 is 1. The molecule has 1 aromatic rings. The second-order valence-electron chi connectivity index (χ2n) is 5.59. The second-order valence-corrected chi connectivity index (χ2v) is 5.59. The van der Waals surface area contributed by atoms with Crippen molar-refractivity contribution in [2.75, 3.05) is 7.11 Å². The Bertz CT molecular complexity index is 386. The second kappa shape index (κ2) is 7.76. The van der Waals surface area contributed by atoms with Crippen molar-refractivity contribution in [3.8, 4) is 5.75 Å². The minimum Gasteiger partial charge on any atom is -0.496 e. The molecule has 1 aliphatic carbocycles. The maximum absolute atomic E-state index is 5.92. The molecule has 19 heavy (non-hydrogen) atoms. The largest absolute Gasteiger partial charge is 0.496 e. The highest BCUT2D eigenvalue weighted by molar-refractivity contribution is 5.85. The van der Waals surface area contributed by atoms with Gasteiger partial charge < -0.3 is 10.5 Å². The molecule has 2 N–H and O–H groups in total. The van der Waals surface area contributed by atoms with Gasteiger partial charge in [-0.15, -0.1) is 12.4 Å². The minimum atomic E-state index is 0. The van der Waals surface area contributed by atoms with Gasteiger partial charge in [0.15, 0.2) is 0 Å². The lowest BCUT2D eigenvalue weighted by Crippen LogP contribution is -2.18. The van der Waals surface area contributed by atoms with Gasteiger partial charge in [0.05, 0.1) is 7.11 Å². The molecule has 0 amide bonds. The standard InChI is InChI=1S/C16H25NO.ClH/c1-12(17)10-15-11-14(8-9-16(15)18-2)13-6-4-3-5-7-13;/h8-9,11-13H,3-7,10,17H2,1-2H3;1H. The maximum atomic E-state index is 5.92. The summed E-state index contributed by atoms with van der Waals surface area (Å²) in [6.07, 6.45) is 7.72. The SMILES string of the molecule is COc1ccc(C2CCCCC2)cc1CC(C)N.Cl. The molecular weight excluding hydrogens is 258 g/mol. The van der Waals surface area contributed by atoms with Gasteiger partial charge in [-0.25, -0.2) is 0 Å².